The van der Waals surface area contributed by atoms with E-state index in [4.69, 9.17) is 11.6 Å². The number of benzene rings is 1. The Balaban J connectivity index is 2.39. The summed E-state index contributed by atoms with van der Waals surface area (Å²) in [5.74, 6) is 0.717. The van der Waals surface area contributed by atoms with Crippen LogP contribution >= 0.6 is 27.5 Å². The standard InChI is InChI=1S/C14H11BrClN3/c1-7-4-3-5-9(6-7)12-10-11(15)13(16)19-14(10)18-8(2)17-12/h3-6H,1-2H3,(H,17,18,19). The van der Waals surface area contributed by atoms with E-state index < -0.39 is 0 Å². The van der Waals surface area contributed by atoms with Crippen LogP contribution < -0.4 is 0 Å². The van der Waals surface area contributed by atoms with Crippen LogP contribution in [0.4, 0.5) is 0 Å². The lowest BCUT2D eigenvalue weighted by atomic mass is 10.1. The first-order valence-corrected chi connectivity index (χ1v) is 7.01. The molecule has 1 N–H and O–H groups in total. The maximum Gasteiger partial charge on any atom is 0.143 e. The van der Waals surface area contributed by atoms with Gasteiger partial charge >= 0.3 is 0 Å². The van der Waals surface area contributed by atoms with Gasteiger partial charge in [-0.25, -0.2) is 9.97 Å². The summed E-state index contributed by atoms with van der Waals surface area (Å²) >= 11 is 9.62. The summed E-state index contributed by atoms with van der Waals surface area (Å²) in [6, 6.07) is 8.24. The van der Waals surface area contributed by atoms with Gasteiger partial charge in [-0.1, -0.05) is 35.4 Å². The number of rotatable bonds is 1. The average Bonchev–Trinajstić information content (AvgIpc) is 2.64. The molecule has 2 aromatic heterocycles. The minimum absolute atomic E-state index is 0.545. The molecule has 0 spiro atoms. The number of aromatic amines is 1. The minimum Gasteiger partial charge on any atom is -0.329 e. The van der Waals surface area contributed by atoms with E-state index in [1.165, 1.54) is 5.56 Å². The second-order valence-electron chi connectivity index (χ2n) is 4.47. The van der Waals surface area contributed by atoms with E-state index in [-0.39, 0.29) is 0 Å². The number of nitrogens with one attached hydrogen (secondary N) is 1. The summed E-state index contributed by atoms with van der Waals surface area (Å²) in [5, 5.41) is 1.46. The highest BCUT2D eigenvalue weighted by Gasteiger charge is 2.16. The lowest BCUT2D eigenvalue weighted by Gasteiger charge is -2.05. The van der Waals surface area contributed by atoms with Crippen LogP contribution in [0.3, 0.4) is 0 Å². The number of aryl methyl sites for hydroxylation is 2. The van der Waals surface area contributed by atoms with Gasteiger partial charge in [0.05, 0.1) is 15.6 Å². The van der Waals surface area contributed by atoms with Crippen LogP contribution in [0.1, 0.15) is 11.4 Å². The Morgan fingerprint density at radius 3 is 2.74 bits per heavy atom. The first kappa shape index (κ1) is 12.6. The molecule has 0 saturated carbocycles. The van der Waals surface area contributed by atoms with Gasteiger partial charge in [-0.3, -0.25) is 0 Å². The lowest BCUT2D eigenvalue weighted by Crippen LogP contribution is -1.93. The Morgan fingerprint density at radius 1 is 1.21 bits per heavy atom. The molecule has 1 aromatic carbocycles. The van der Waals surface area contributed by atoms with Gasteiger partial charge in [-0.05, 0) is 35.8 Å². The summed E-state index contributed by atoms with van der Waals surface area (Å²) in [6.07, 6.45) is 0. The maximum absolute atomic E-state index is 6.12. The van der Waals surface area contributed by atoms with E-state index in [9.17, 15) is 0 Å². The number of nitrogens with zero attached hydrogens (tertiary/aromatic N) is 2. The Bertz CT molecular complexity index is 780. The number of halogens is 2. The monoisotopic (exact) mass is 335 g/mol. The molecule has 0 amide bonds. The molecule has 96 valence electrons. The second-order valence-corrected chi connectivity index (χ2v) is 5.64. The third kappa shape index (κ3) is 2.15. The molecule has 0 aliphatic rings. The molecule has 0 fully saturated rings. The van der Waals surface area contributed by atoms with Gasteiger partial charge in [0.25, 0.3) is 0 Å². The summed E-state index contributed by atoms with van der Waals surface area (Å²) in [7, 11) is 0. The van der Waals surface area contributed by atoms with Crippen LogP contribution in [0.5, 0.6) is 0 Å². The van der Waals surface area contributed by atoms with Crippen LogP contribution in [-0.4, -0.2) is 15.0 Å². The summed E-state index contributed by atoms with van der Waals surface area (Å²) in [5.41, 5.74) is 3.90. The molecule has 0 aliphatic carbocycles. The van der Waals surface area contributed by atoms with Crippen molar-refractivity contribution in [3.8, 4) is 11.3 Å². The zero-order valence-electron chi connectivity index (χ0n) is 10.5. The van der Waals surface area contributed by atoms with Crippen molar-refractivity contribution in [2.45, 2.75) is 13.8 Å². The van der Waals surface area contributed by atoms with Crippen LogP contribution in [0.25, 0.3) is 22.3 Å². The summed E-state index contributed by atoms with van der Waals surface area (Å²) < 4.78 is 0.806. The first-order chi connectivity index (χ1) is 9.06. The summed E-state index contributed by atoms with van der Waals surface area (Å²) in [6.45, 7) is 3.94. The lowest BCUT2D eigenvalue weighted by molar-refractivity contribution is 1.08. The van der Waals surface area contributed by atoms with Crippen molar-refractivity contribution in [2.24, 2.45) is 0 Å². The van der Waals surface area contributed by atoms with Gasteiger partial charge in [0, 0.05) is 5.56 Å². The normalized spacial score (nSPS) is 11.2. The van der Waals surface area contributed by atoms with Crippen LogP contribution in [0, 0.1) is 13.8 Å². The second kappa shape index (κ2) is 4.62. The van der Waals surface area contributed by atoms with Crippen molar-refractivity contribution in [3.63, 3.8) is 0 Å². The zero-order chi connectivity index (χ0) is 13.6. The molecule has 3 rings (SSSR count). The maximum atomic E-state index is 6.12. The molecule has 0 unspecified atom stereocenters. The molecule has 5 heteroatoms. The van der Waals surface area contributed by atoms with E-state index in [1.807, 2.05) is 19.1 Å². The molecule has 0 atom stereocenters. The molecule has 3 aromatic rings. The third-order valence-electron chi connectivity index (χ3n) is 2.95. The number of hydrogen-bond donors (Lipinski definition) is 1. The number of hydrogen-bond acceptors (Lipinski definition) is 2. The first-order valence-electron chi connectivity index (χ1n) is 5.84. The van der Waals surface area contributed by atoms with Gasteiger partial charge in [0.1, 0.15) is 16.6 Å². The SMILES string of the molecule is Cc1cccc(-c2nc(C)nc3[nH]c(Cl)c(Br)c23)c1. The van der Waals surface area contributed by atoms with E-state index in [0.29, 0.717) is 5.15 Å². The van der Waals surface area contributed by atoms with E-state index >= 15 is 0 Å². The van der Waals surface area contributed by atoms with Crippen molar-refractivity contribution in [2.75, 3.05) is 0 Å². The molecule has 0 bridgehead atoms. The minimum atomic E-state index is 0.545. The van der Waals surface area contributed by atoms with Gasteiger partial charge in [-0.2, -0.15) is 0 Å². The average molecular weight is 337 g/mol. The smallest absolute Gasteiger partial charge is 0.143 e. The largest absolute Gasteiger partial charge is 0.329 e. The Kier molecular flexibility index (Phi) is 3.07. The molecular weight excluding hydrogens is 326 g/mol. The highest BCUT2D eigenvalue weighted by molar-refractivity contribution is 9.10. The fourth-order valence-electron chi connectivity index (χ4n) is 2.14. The molecule has 2 heterocycles. The highest BCUT2D eigenvalue weighted by atomic mass is 79.9. The number of H-pyrrole nitrogens is 1. The highest BCUT2D eigenvalue weighted by Crippen LogP contribution is 2.36. The predicted molar refractivity (Wildman–Crippen MR) is 81.5 cm³/mol. The summed E-state index contributed by atoms with van der Waals surface area (Å²) in [4.78, 5) is 12.0. The molecule has 0 aliphatic heterocycles. The van der Waals surface area contributed by atoms with Gasteiger partial charge < -0.3 is 4.98 Å². The third-order valence-corrected chi connectivity index (χ3v) is 4.26. The number of fused-ring (bicyclic) bond motifs is 1. The van der Waals surface area contributed by atoms with Gasteiger partial charge in [0.15, 0.2) is 0 Å². The predicted octanol–water partition coefficient (Wildman–Crippen LogP) is 4.66. The van der Waals surface area contributed by atoms with E-state index in [0.717, 1.165) is 32.6 Å². The van der Waals surface area contributed by atoms with Crippen molar-refractivity contribution in [1.29, 1.82) is 0 Å². The van der Waals surface area contributed by atoms with Gasteiger partial charge in [0.2, 0.25) is 0 Å². The van der Waals surface area contributed by atoms with E-state index in [2.05, 4.69) is 49.9 Å². The fourth-order valence-corrected chi connectivity index (χ4v) is 2.80. The van der Waals surface area contributed by atoms with Gasteiger partial charge in [-0.15, -0.1) is 0 Å². The van der Waals surface area contributed by atoms with Crippen molar-refractivity contribution in [3.05, 3.63) is 45.3 Å². The Hall–Kier alpha value is -1.39. The number of aromatic nitrogens is 3. The van der Waals surface area contributed by atoms with Crippen molar-refractivity contribution < 1.29 is 0 Å². The Morgan fingerprint density at radius 2 is 2.00 bits per heavy atom. The van der Waals surface area contributed by atoms with Crippen LogP contribution in [0.15, 0.2) is 28.7 Å². The van der Waals surface area contributed by atoms with Crippen LogP contribution in [-0.2, 0) is 0 Å². The molecule has 19 heavy (non-hydrogen) atoms. The zero-order valence-corrected chi connectivity index (χ0v) is 12.8. The fraction of sp³-hybridized carbons (Fsp3) is 0.143. The van der Waals surface area contributed by atoms with Crippen molar-refractivity contribution in [1.82, 2.24) is 15.0 Å². The Labute approximate surface area is 124 Å². The van der Waals surface area contributed by atoms with Crippen molar-refractivity contribution >= 4 is 38.6 Å². The molecule has 0 radical (unpaired) electrons. The van der Waals surface area contributed by atoms with E-state index in [1.54, 1.807) is 0 Å². The van der Waals surface area contributed by atoms with Crippen LogP contribution in [0.2, 0.25) is 5.15 Å². The molecule has 0 saturated heterocycles. The topological polar surface area (TPSA) is 41.6 Å². The molecule has 3 nitrogen and oxygen atoms in total. The quantitative estimate of drug-likeness (QED) is 0.702. The molecular formula is C14H11BrClN3.